The molecule has 0 saturated heterocycles. The summed E-state index contributed by atoms with van der Waals surface area (Å²) in [5, 5.41) is 40.9. The fourth-order valence-corrected chi connectivity index (χ4v) is 4.39. The molecule has 0 amide bonds. The van der Waals surface area contributed by atoms with Crippen LogP contribution in [0.15, 0.2) is 24.3 Å². The number of nitrogens with two attached hydrogens (primary N) is 1. The third kappa shape index (κ3) is 9.42. The van der Waals surface area contributed by atoms with Gasteiger partial charge < -0.3 is 45.1 Å². The molecular weight excluding hydrogens is 606 g/mol. The van der Waals surface area contributed by atoms with Gasteiger partial charge >= 0.3 is 23.9 Å². The molecule has 0 radical (unpaired) electrons. The van der Waals surface area contributed by atoms with Gasteiger partial charge in [-0.05, 0) is 58.1 Å². The molecule has 1 aromatic carbocycles. The highest BCUT2D eigenvalue weighted by Crippen LogP contribution is 2.44. The number of esters is 2. The first kappa shape index (κ1) is 38.5. The second-order valence-electron chi connectivity index (χ2n) is 12.0. The van der Waals surface area contributed by atoms with Crippen molar-refractivity contribution in [2.45, 2.75) is 90.3 Å². The first-order valence-corrected chi connectivity index (χ1v) is 15.0. The van der Waals surface area contributed by atoms with Gasteiger partial charge in [0.1, 0.15) is 19.3 Å². The maximum atomic E-state index is 13.4. The number of carboxylic acids is 2. The summed E-state index contributed by atoms with van der Waals surface area (Å²) in [5.41, 5.74) is 0.386. The van der Waals surface area contributed by atoms with Crippen LogP contribution in [0.3, 0.4) is 0 Å². The van der Waals surface area contributed by atoms with Crippen molar-refractivity contribution in [2.75, 3.05) is 26.4 Å². The van der Waals surface area contributed by atoms with Crippen LogP contribution in [0, 0.1) is 5.41 Å². The molecule has 6 N–H and O–H groups in total. The van der Waals surface area contributed by atoms with Crippen molar-refractivity contribution in [1.82, 2.24) is 0 Å². The van der Waals surface area contributed by atoms with E-state index in [0.717, 1.165) is 18.9 Å². The molecule has 0 spiro atoms. The van der Waals surface area contributed by atoms with Crippen LogP contribution >= 0.6 is 0 Å². The quantitative estimate of drug-likeness (QED) is 0.0591. The topological polar surface area (TPSA) is 229 Å². The Labute approximate surface area is 267 Å². The van der Waals surface area contributed by atoms with Crippen LogP contribution in [0.25, 0.3) is 0 Å². The SMILES string of the molecule is C=C(C)C(=O)OCC(O)COC(O)C(CC)(COC(=O)c1cc(C(=O)C(C)(N)CC)c(C(=O)O)cc1C(=O)O)COC1(CC)CC1. The summed E-state index contributed by atoms with van der Waals surface area (Å²) in [7, 11) is 0. The minimum Gasteiger partial charge on any atom is -0.478 e. The lowest BCUT2D eigenvalue weighted by atomic mass is 9.85. The molecule has 0 heterocycles. The predicted octanol–water partition coefficient (Wildman–Crippen LogP) is 2.72. The van der Waals surface area contributed by atoms with E-state index in [4.69, 9.17) is 24.7 Å². The standard InChI is InChI=1S/C32H45NO13/c1-7-30(6,33)24(35)20-12-23(22(26(38)39)13-21(20)25(36)37)28(41)45-16-31(8-2,17-46-32(9-3)10-11-32)29(42)44-15-19(34)14-43-27(40)18(4)5/h12-13,19,29,34,42H,4,7-11,14-17,33H2,1-3,5-6H3,(H,36,37)(H,38,39). The smallest absolute Gasteiger partial charge is 0.339 e. The van der Waals surface area contributed by atoms with Crippen molar-refractivity contribution in [2.24, 2.45) is 11.1 Å². The summed E-state index contributed by atoms with van der Waals surface area (Å²) in [6.07, 6.45) is -0.525. The van der Waals surface area contributed by atoms with Gasteiger partial charge in [-0.3, -0.25) is 4.79 Å². The van der Waals surface area contributed by atoms with E-state index < -0.39 is 101 Å². The molecule has 14 nitrogen and oxygen atoms in total. The van der Waals surface area contributed by atoms with Gasteiger partial charge in [0.05, 0.1) is 46.5 Å². The average Bonchev–Trinajstić information content (AvgIpc) is 3.81. The van der Waals surface area contributed by atoms with Gasteiger partial charge in [0, 0.05) is 11.1 Å². The predicted molar refractivity (Wildman–Crippen MR) is 163 cm³/mol. The average molecular weight is 652 g/mol. The number of hydrogen-bond donors (Lipinski definition) is 5. The van der Waals surface area contributed by atoms with E-state index >= 15 is 0 Å². The number of carbonyl (C=O) groups is 5. The monoisotopic (exact) mass is 651 g/mol. The van der Waals surface area contributed by atoms with Gasteiger partial charge in [-0.1, -0.05) is 27.4 Å². The molecular formula is C32H45NO13. The van der Waals surface area contributed by atoms with Gasteiger partial charge in [-0.15, -0.1) is 0 Å². The van der Waals surface area contributed by atoms with Crippen molar-refractivity contribution < 1.29 is 63.3 Å². The molecule has 2 rings (SSSR count). The first-order chi connectivity index (χ1) is 21.4. The number of carboxylic acid groups (broad SMARTS) is 2. The number of ether oxygens (including phenoxy) is 4. The minimum absolute atomic E-state index is 0.118. The molecule has 4 atom stereocenters. The molecule has 46 heavy (non-hydrogen) atoms. The summed E-state index contributed by atoms with van der Waals surface area (Å²) in [6, 6.07) is 1.54. The fourth-order valence-electron chi connectivity index (χ4n) is 4.39. The van der Waals surface area contributed by atoms with Gasteiger partial charge in [0.2, 0.25) is 0 Å². The molecule has 0 aromatic heterocycles. The number of rotatable bonds is 20. The molecule has 1 aliphatic carbocycles. The molecule has 1 aliphatic rings. The van der Waals surface area contributed by atoms with Crippen LogP contribution < -0.4 is 5.73 Å². The normalized spacial score (nSPS) is 17.5. The van der Waals surface area contributed by atoms with Crippen LogP contribution in [0.2, 0.25) is 0 Å². The summed E-state index contributed by atoms with van der Waals surface area (Å²) >= 11 is 0. The zero-order chi connectivity index (χ0) is 35.0. The molecule has 14 heteroatoms. The van der Waals surface area contributed by atoms with E-state index in [2.05, 4.69) is 6.58 Å². The number of aliphatic hydroxyl groups is 2. The lowest BCUT2D eigenvalue weighted by molar-refractivity contribution is -0.223. The Bertz CT molecular complexity index is 1330. The lowest BCUT2D eigenvalue weighted by Gasteiger charge is -2.37. The Kier molecular flexibility index (Phi) is 13.2. The first-order valence-electron chi connectivity index (χ1n) is 15.0. The van der Waals surface area contributed by atoms with Crippen LogP contribution in [-0.2, 0) is 23.7 Å². The van der Waals surface area contributed by atoms with E-state index in [-0.39, 0.29) is 25.0 Å². The second-order valence-corrected chi connectivity index (χ2v) is 12.0. The van der Waals surface area contributed by atoms with Crippen LogP contribution in [0.4, 0.5) is 0 Å². The summed E-state index contributed by atoms with van der Waals surface area (Å²) in [5.74, 6) is -5.99. The molecule has 1 fully saturated rings. The van der Waals surface area contributed by atoms with Gasteiger partial charge in [0.15, 0.2) is 12.1 Å². The fraction of sp³-hybridized carbons (Fsp3) is 0.594. The Balaban J connectivity index is 2.40. The van der Waals surface area contributed by atoms with Crippen LogP contribution in [0.1, 0.15) is 108 Å². The van der Waals surface area contributed by atoms with E-state index in [1.807, 2.05) is 6.92 Å². The van der Waals surface area contributed by atoms with Crippen molar-refractivity contribution in [3.8, 4) is 0 Å². The summed E-state index contributed by atoms with van der Waals surface area (Å²) in [6.45, 7) is 9.87. The van der Waals surface area contributed by atoms with E-state index in [1.165, 1.54) is 13.8 Å². The Morgan fingerprint density at radius 2 is 1.48 bits per heavy atom. The molecule has 1 saturated carbocycles. The van der Waals surface area contributed by atoms with E-state index in [1.54, 1.807) is 13.8 Å². The Morgan fingerprint density at radius 3 is 1.96 bits per heavy atom. The van der Waals surface area contributed by atoms with E-state index in [0.29, 0.717) is 12.5 Å². The van der Waals surface area contributed by atoms with Crippen molar-refractivity contribution in [3.05, 3.63) is 46.5 Å². The number of ketones is 1. The molecule has 0 bridgehead atoms. The summed E-state index contributed by atoms with van der Waals surface area (Å²) < 4.78 is 22.1. The maximum absolute atomic E-state index is 13.4. The molecule has 1 aromatic rings. The molecule has 0 aliphatic heterocycles. The van der Waals surface area contributed by atoms with Crippen molar-refractivity contribution in [1.29, 1.82) is 0 Å². The second kappa shape index (κ2) is 15.7. The van der Waals surface area contributed by atoms with Crippen molar-refractivity contribution in [3.63, 3.8) is 0 Å². The van der Waals surface area contributed by atoms with Gasteiger partial charge in [0.25, 0.3) is 0 Å². The number of aromatic carboxylic acids is 2. The number of Topliss-reactive ketones (excluding diaryl/α,β-unsaturated/α-hetero) is 1. The number of aliphatic hydroxyl groups excluding tert-OH is 2. The highest BCUT2D eigenvalue weighted by molar-refractivity contribution is 6.13. The summed E-state index contributed by atoms with van der Waals surface area (Å²) in [4.78, 5) is 62.3. The number of carbonyl (C=O) groups excluding carboxylic acids is 3. The minimum atomic E-state index is -1.68. The van der Waals surface area contributed by atoms with Gasteiger partial charge in [-0.25, -0.2) is 19.2 Å². The van der Waals surface area contributed by atoms with Gasteiger partial charge in [-0.2, -0.15) is 0 Å². The number of hydrogen-bond acceptors (Lipinski definition) is 12. The third-order valence-electron chi connectivity index (χ3n) is 8.37. The van der Waals surface area contributed by atoms with Crippen LogP contribution in [0.5, 0.6) is 0 Å². The highest BCUT2D eigenvalue weighted by Gasteiger charge is 2.47. The lowest BCUT2D eigenvalue weighted by Crippen LogP contribution is -2.47. The Hall–Kier alpha value is -3.69. The third-order valence-corrected chi connectivity index (χ3v) is 8.37. The zero-order valence-corrected chi connectivity index (χ0v) is 26.9. The highest BCUT2D eigenvalue weighted by atomic mass is 16.6. The zero-order valence-electron chi connectivity index (χ0n) is 26.9. The Morgan fingerprint density at radius 1 is 0.913 bits per heavy atom. The number of benzene rings is 1. The maximum Gasteiger partial charge on any atom is 0.339 e. The largest absolute Gasteiger partial charge is 0.478 e. The van der Waals surface area contributed by atoms with Crippen LogP contribution in [-0.4, -0.2) is 100 Å². The molecule has 256 valence electrons. The van der Waals surface area contributed by atoms with Crippen molar-refractivity contribution >= 4 is 29.7 Å². The molecule has 4 unspecified atom stereocenters. The van der Waals surface area contributed by atoms with E-state index in [9.17, 15) is 44.4 Å².